The van der Waals surface area contributed by atoms with Crippen LogP contribution in [0, 0.1) is 0 Å². The Morgan fingerprint density at radius 1 is 1.24 bits per heavy atom. The molecule has 0 spiro atoms. The number of aromatic amines is 1. The van der Waals surface area contributed by atoms with Crippen LogP contribution in [0.2, 0.25) is 0 Å². The Morgan fingerprint density at radius 2 is 2.05 bits per heavy atom. The molecule has 3 rings (SSSR count). The van der Waals surface area contributed by atoms with E-state index < -0.39 is 11.9 Å². The lowest BCUT2D eigenvalue weighted by Crippen LogP contribution is -2.19. The van der Waals surface area contributed by atoms with Crippen molar-refractivity contribution < 1.29 is 14.7 Å². The number of carbonyl (C=O) groups is 2. The van der Waals surface area contributed by atoms with Gasteiger partial charge in [0, 0.05) is 6.20 Å². The minimum absolute atomic E-state index is 0.262. The molecule has 0 unspecified atom stereocenters. The second kappa shape index (κ2) is 5.12. The van der Waals surface area contributed by atoms with Crippen molar-refractivity contribution in [2.24, 2.45) is 0 Å². The fourth-order valence-corrected chi connectivity index (χ4v) is 2.09. The number of H-pyrrole nitrogens is 1. The molecule has 3 aromatic rings. The molecule has 0 saturated heterocycles. The molecule has 0 aliphatic carbocycles. The van der Waals surface area contributed by atoms with Crippen molar-refractivity contribution >= 4 is 28.9 Å². The van der Waals surface area contributed by atoms with E-state index in [9.17, 15) is 9.59 Å². The summed E-state index contributed by atoms with van der Waals surface area (Å²) in [6.07, 6.45) is 1.54. The number of carboxylic acid groups (broad SMARTS) is 1. The topological polar surface area (TPSA) is 100 Å². The molecule has 1 aromatic carbocycles. The Kier molecular flexibility index (Phi) is 3.15. The van der Waals surface area contributed by atoms with E-state index in [-0.39, 0.29) is 12.2 Å². The fourth-order valence-electron chi connectivity index (χ4n) is 2.09. The number of nitrogens with one attached hydrogen (secondary N) is 2. The SMILES string of the molecule is O=C(O)Cn1cccc1C(=O)Nc1nc2ccccc2[nH]1. The highest BCUT2D eigenvalue weighted by molar-refractivity contribution is 6.03. The summed E-state index contributed by atoms with van der Waals surface area (Å²) in [5.41, 5.74) is 1.82. The van der Waals surface area contributed by atoms with Gasteiger partial charge in [0.15, 0.2) is 0 Å². The first-order chi connectivity index (χ1) is 10.1. The zero-order valence-corrected chi connectivity index (χ0v) is 10.9. The maximum absolute atomic E-state index is 12.2. The van der Waals surface area contributed by atoms with Crippen molar-refractivity contribution in [3.8, 4) is 0 Å². The second-order valence-electron chi connectivity index (χ2n) is 4.47. The number of carboxylic acids is 1. The molecule has 7 nitrogen and oxygen atoms in total. The van der Waals surface area contributed by atoms with Gasteiger partial charge in [-0.25, -0.2) is 4.98 Å². The zero-order valence-electron chi connectivity index (χ0n) is 10.9. The number of nitrogens with zero attached hydrogens (tertiary/aromatic N) is 2. The van der Waals surface area contributed by atoms with Gasteiger partial charge in [0.25, 0.3) is 5.91 Å². The zero-order chi connectivity index (χ0) is 14.8. The van der Waals surface area contributed by atoms with Crippen LogP contribution in [0.4, 0.5) is 5.95 Å². The standard InChI is InChI=1S/C14H12N4O3/c19-12(20)8-18-7-3-6-11(18)13(21)17-14-15-9-4-1-2-5-10(9)16-14/h1-7H,8H2,(H,19,20)(H2,15,16,17,21). The molecule has 106 valence electrons. The number of hydrogen-bond donors (Lipinski definition) is 3. The van der Waals surface area contributed by atoms with Gasteiger partial charge < -0.3 is 14.7 Å². The molecular weight excluding hydrogens is 272 g/mol. The normalized spacial score (nSPS) is 10.7. The summed E-state index contributed by atoms with van der Waals surface area (Å²) in [5, 5.41) is 11.4. The third-order valence-electron chi connectivity index (χ3n) is 2.99. The number of carbonyl (C=O) groups excluding carboxylic acids is 1. The molecule has 2 heterocycles. The minimum Gasteiger partial charge on any atom is -0.480 e. The summed E-state index contributed by atoms with van der Waals surface area (Å²) in [7, 11) is 0. The van der Waals surface area contributed by atoms with Crippen molar-refractivity contribution in [1.29, 1.82) is 0 Å². The van der Waals surface area contributed by atoms with E-state index in [1.165, 1.54) is 4.57 Å². The Bertz CT molecular complexity index is 785. The number of benzene rings is 1. The number of hydrogen-bond acceptors (Lipinski definition) is 3. The lowest BCUT2D eigenvalue weighted by atomic mass is 10.3. The number of para-hydroxylation sites is 2. The van der Waals surface area contributed by atoms with Crippen molar-refractivity contribution in [3.63, 3.8) is 0 Å². The van der Waals surface area contributed by atoms with Crippen LogP contribution < -0.4 is 5.32 Å². The highest BCUT2D eigenvalue weighted by Gasteiger charge is 2.14. The van der Waals surface area contributed by atoms with Crippen LogP contribution in [0.5, 0.6) is 0 Å². The first-order valence-corrected chi connectivity index (χ1v) is 6.26. The quantitative estimate of drug-likeness (QED) is 0.678. The van der Waals surface area contributed by atoms with Gasteiger partial charge in [0.05, 0.1) is 11.0 Å². The van der Waals surface area contributed by atoms with E-state index >= 15 is 0 Å². The summed E-state index contributed by atoms with van der Waals surface area (Å²) in [4.78, 5) is 30.1. The molecule has 21 heavy (non-hydrogen) atoms. The summed E-state index contributed by atoms with van der Waals surface area (Å²) in [6.45, 7) is -0.268. The molecule has 0 atom stereocenters. The van der Waals surface area contributed by atoms with E-state index in [1.54, 1.807) is 18.3 Å². The van der Waals surface area contributed by atoms with E-state index in [0.29, 0.717) is 5.95 Å². The summed E-state index contributed by atoms with van der Waals surface area (Å²) >= 11 is 0. The van der Waals surface area contributed by atoms with Crippen LogP contribution in [0.15, 0.2) is 42.6 Å². The molecular formula is C14H12N4O3. The van der Waals surface area contributed by atoms with E-state index in [0.717, 1.165) is 11.0 Å². The predicted octanol–water partition coefficient (Wildman–Crippen LogP) is 1.70. The lowest BCUT2D eigenvalue weighted by molar-refractivity contribution is -0.137. The van der Waals surface area contributed by atoms with Gasteiger partial charge in [-0.3, -0.25) is 14.9 Å². The molecule has 7 heteroatoms. The van der Waals surface area contributed by atoms with Crippen molar-refractivity contribution in [1.82, 2.24) is 14.5 Å². The highest BCUT2D eigenvalue weighted by atomic mass is 16.4. The first kappa shape index (κ1) is 12.9. The maximum atomic E-state index is 12.2. The van der Waals surface area contributed by atoms with Crippen LogP contribution >= 0.6 is 0 Å². The van der Waals surface area contributed by atoms with Gasteiger partial charge >= 0.3 is 5.97 Å². The van der Waals surface area contributed by atoms with Crippen LogP contribution in [-0.4, -0.2) is 31.5 Å². The average molecular weight is 284 g/mol. The van der Waals surface area contributed by atoms with Gasteiger partial charge in [-0.05, 0) is 24.3 Å². The van der Waals surface area contributed by atoms with E-state index in [2.05, 4.69) is 15.3 Å². The molecule has 0 radical (unpaired) electrons. The molecule has 3 N–H and O–H groups in total. The summed E-state index contributed by atoms with van der Waals surface area (Å²) in [6, 6.07) is 10.6. The van der Waals surface area contributed by atoms with Crippen molar-refractivity contribution in [2.45, 2.75) is 6.54 Å². The number of amides is 1. The van der Waals surface area contributed by atoms with Crippen LogP contribution in [0.25, 0.3) is 11.0 Å². The minimum atomic E-state index is -1.01. The second-order valence-corrected chi connectivity index (χ2v) is 4.47. The van der Waals surface area contributed by atoms with Crippen molar-refractivity contribution in [3.05, 3.63) is 48.3 Å². The van der Waals surface area contributed by atoms with E-state index in [1.807, 2.05) is 24.3 Å². The molecule has 2 aromatic heterocycles. The smallest absolute Gasteiger partial charge is 0.323 e. The monoisotopic (exact) mass is 284 g/mol. The summed E-state index contributed by atoms with van der Waals surface area (Å²) < 4.78 is 1.36. The van der Waals surface area contributed by atoms with Gasteiger partial charge in [-0.15, -0.1) is 0 Å². The maximum Gasteiger partial charge on any atom is 0.323 e. The fraction of sp³-hybridized carbons (Fsp3) is 0.0714. The Labute approximate surface area is 119 Å². The van der Waals surface area contributed by atoms with Gasteiger partial charge in [0.2, 0.25) is 5.95 Å². The lowest BCUT2D eigenvalue weighted by Gasteiger charge is -2.05. The molecule has 0 saturated carbocycles. The first-order valence-electron chi connectivity index (χ1n) is 6.26. The Balaban J connectivity index is 1.83. The van der Waals surface area contributed by atoms with Gasteiger partial charge in [-0.1, -0.05) is 12.1 Å². The highest BCUT2D eigenvalue weighted by Crippen LogP contribution is 2.14. The molecule has 0 aliphatic rings. The predicted molar refractivity (Wildman–Crippen MR) is 76.1 cm³/mol. The number of anilines is 1. The van der Waals surface area contributed by atoms with Crippen molar-refractivity contribution in [2.75, 3.05) is 5.32 Å². The Hall–Kier alpha value is -3.09. The number of rotatable bonds is 4. The van der Waals surface area contributed by atoms with Gasteiger partial charge in [0.1, 0.15) is 12.2 Å². The largest absolute Gasteiger partial charge is 0.480 e. The third kappa shape index (κ3) is 2.62. The molecule has 0 fully saturated rings. The van der Waals surface area contributed by atoms with Crippen LogP contribution in [0.3, 0.4) is 0 Å². The molecule has 0 aliphatic heterocycles. The van der Waals surface area contributed by atoms with E-state index in [4.69, 9.17) is 5.11 Å². The third-order valence-corrected chi connectivity index (χ3v) is 2.99. The number of aliphatic carboxylic acids is 1. The van der Waals surface area contributed by atoms with Crippen LogP contribution in [0.1, 0.15) is 10.5 Å². The van der Waals surface area contributed by atoms with Gasteiger partial charge in [-0.2, -0.15) is 0 Å². The van der Waals surface area contributed by atoms with Crippen LogP contribution in [-0.2, 0) is 11.3 Å². The number of aromatic nitrogens is 3. The number of imidazole rings is 1. The molecule has 1 amide bonds. The summed E-state index contributed by atoms with van der Waals surface area (Å²) in [5.74, 6) is -1.10. The number of fused-ring (bicyclic) bond motifs is 1. The Morgan fingerprint density at radius 3 is 2.81 bits per heavy atom. The average Bonchev–Trinajstić information content (AvgIpc) is 3.03. The molecule has 0 bridgehead atoms.